The van der Waals surface area contributed by atoms with Crippen LogP contribution in [0.15, 0.2) is 24.3 Å². The van der Waals surface area contributed by atoms with Gasteiger partial charge < -0.3 is 15.7 Å². The highest BCUT2D eigenvalue weighted by molar-refractivity contribution is 5.94. The second-order valence-electron chi connectivity index (χ2n) is 5.73. The number of hydrogen-bond acceptors (Lipinski definition) is 3. The maximum atomic E-state index is 11.9. The van der Waals surface area contributed by atoms with E-state index in [0.717, 1.165) is 31.2 Å². The van der Waals surface area contributed by atoms with E-state index in [2.05, 4.69) is 10.6 Å². The van der Waals surface area contributed by atoms with Gasteiger partial charge >= 0.3 is 0 Å². The summed E-state index contributed by atoms with van der Waals surface area (Å²) in [7, 11) is 0. The van der Waals surface area contributed by atoms with Gasteiger partial charge in [-0.2, -0.15) is 0 Å². The van der Waals surface area contributed by atoms with Gasteiger partial charge in [-0.15, -0.1) is 0 Å². The van der Waals surface area contributed by atoms with Crippen LogP contribution < -0.4 is 10.6 Å². The Morgan fingerprint density at radius 3 is 2.50 bits per heavy atom. The minimum absolute atomic E-state index is 0.0496. The summed E-state index contributed by atoms with van der Waals surface area (Å²) in [6, 6.07) is 7.53. The standard InChI is InChI=1S/C16H24N2O2/c1-13-4-6-14(7-5-13)15(19)18-11-10-17-12-16(20)8-2-3-9-16/h4-7,17,20H,2-3,8-12H2,1H3,(H,18,19). The molecule has 0 aromatic heterocycles. The molecule has 1 fully saturated rings. The van der Waals surface area contributed by atoms with Crippen LogP contribution in [0.1, 0.15) is 41.6 Å². The third-order valence-electron chi connectivity index (χ3n) is 3.89. The van der Waals surface area contributed by atoms with Crippen molar-refractivity contribution in [1.82, 2.24) is 10.6 Å². The predicted octanol–water partition coefficient (Wildman–Crippen LogP) is 1.62. The van der Waals surface area contributed by atoms with Gasteiger partial charge in [0.2, 0.25) is 0 Å². The summed E-state index contributed by atoms with van der Waals surface area (Å²) in [5.74, 6) is -0.0496. The van der Waals surface area contributed by atoms with Crippen molar-refractivity contribution in [2.24, 2.45) is 0 Å². The van der Waals surface area contributed by atoms with Crippen molar-refractivity contribution in [2.45, 2.75) is 38.2 Å². The highest BCUT2D eigenvalue weighted by atomic mass is 16.3. The Morgan fingerprint density at radius 2 is 1.85 bits per heavy atom. The molecule has 1 aliphatic carbocycles. The monoisotopic (exact) mass is 276 g/mol. The van der Waals surface area contributed by atoms with E-state index in [9.17, 15) is 9.90 Å². The zero-order chi connectivity index (χ0) is 14.4. The van der Waals surface area contributed by atoms with Gasteiger partial charge in [0.15, 0.2) is 0 Å². The van der Waals surface area contributed by atoms with Crippen LogP contribution in [0.5, 0.6) is 0 Å². The van der Waals surface area contributed by atoms with Crippen molar-refractivity contribution in [2.75, 3.05) is 19.6 Å². The van der Waals surface area contributed by atoms with E-state index >= 15 is 0 Å². The Morgan fingerprint density at radius 1 is 1.20 bits per heavy atom. The molecule has 1 saturated carbocycles. The van der Waals surface area contributed by atoms with Gasteiger partial charge in [-0.3, -0.25) is 4.79 Å². The Hall–Kier alpha value is -1.39. The molecule has 4 heteroatoms. The normalized spacial score (nSPS) is 17.1. The van der Waals surface area contributed by atoms with Crippen molar-refractivity contribution in [3.05, 3.63) is 35.4 Å². The lowest BCUT2D eigenvalue weighted by Crippen LogP contribution is -2.41. The molecule has 1 aromatic carbocycles. The zero-order valence-corrected chi connectivity index (χ0v) is 12.1. The molecule has 1 amide bonds. The largest absolute Gasteiger partial charge is 0.389 e. The summed E-state index contributed by atoms with van der Waals surface area (Å²) in [5.41, 5.74) is 1.30. The molecule has 0 radical (unpaired) electrons. The van der Waals surface area contributed by atoms with Crippen LogP contribution in [0.3, 0.4) is 0 Å². The average molecular weight is 276 g/mol. The summed E-state index contributed by atoms with van der Waals surface area (Å²) in [6.45, 7) is 3.87. The number of rotatable bonds is 6. The van der Waals surface area contributed by atoms with Crippen molar-refractivity contribution in [1.29, 1.82) is 0 Å². The Balaban J connectivity index is 1.63. The van der Waals surface area contributed by atoms with Gasteiger partial charge in [-0.25, -0.2) is 0 Å². The van der Waals surface area contributed by atoms with E-state index in [1.54, 1.807) is 0 Å². The lowest BCUT2D eigenvalue weighted by Gasteiger charge is -2.22. The summed E-state index contributed by atoms with van der Waals surface area (Å²) in [5, 5.41) is 16.2. The molecule has 0 heterocycles. The van der Waals surface area contributed by atoms with Gasteiger partial charge in [0.25, 0.3) is 5.91 Å². The summed E-state index contributed by atoms with van der Waals surface area (Å²) >= 11 is 0. The highest BCUT2D eigenvalue weighted by Gasteiger charge is 2.30. The molecule has 110 valence electrons. The number of carbonyl (C=O) groups is 1. The Bertz CT molecular complexity index is 436. The van der Waals surface area contributed by atoms with Crippen LogP contribution in [0.4, 0.5) is 0 Å². The molecule has 3 N–H and O–H groups in total. The summed E-state index contributed by atoms with van der Waals surface area (Å²) < 4.78 is 0. The quantitative estimate of drug-likeness (QED) is 0.692. The van der Waals surface area contributed by atoms with Crippen LogP contribution in [-0.2, 0) is 0 Å². The van der Waals surface area contributed by atoms with E-state index in [1.165, 1.54) is 0 Å². The van der Waals surface area contributed by atoms with Crippen LogP contribution in [0, 0.1) is 6.92 Å². The van der Waals surface area contributed by atoms with Gasteiger partial charge in [-0.05, 0) is 31.9 Å². The molecule has 4 nitrogen and oxygen atoms in total. The maximum Gasteiger partial charge on any atom is 0.251 e. The highest BCUT2D eigenvalue weighted by Crippen LogP contribution is 2.28. The fourth-order valence-electron chi connectivity index (χ4n) is 2.60. The smallest absolute Gasteiger partial charge is 0.251 e. The molecule has 0 bridgehead atoms. The molecular weight excluding hydrogens is 252 g/mol. The van der Waals surface area contributed by atoms with Crippen molar-refractivity contribution < 1.29 is 9.90 Å². The minimum Gasteiger partial charge on any atom is -0.389 e. The minimum atomic E-state index is -0.527. The van der Waals surface area contributed by atoms with Crippen LogP contribution >= 0.6 is 0 Å². The number of benzene rings is 1. The lowest BCUT2D eigenvalue weighted by molar-refractivity contribution is 0.0481. The number of nitrogens with one attached hydrogen (secondary N) is 2. The van der Waals surface area contributed by atoms with Crippen LogP contribution in [0.2, 0.25) is 0 Å². The molecule has 0 unspecified atom stereocenters. The Kier molecular flexibility index (Phi) is 5.15. The first-order chi connectivity index (χ1) is 9.59. The van der Waals surface area contributed by atoms with Crippen LogP contribution in [0.25, 0.3) is 0 Å². The Labute approximate surface area is 120 Å². The molecule has 0 atom stereocenters. The summed E-state index contributed by atoms with van der Waals surface area (Å²) in [6.07, 6.45) is 4.00. The SMILES string of the molecule is Cc1ccc(C(=O)NCCNCC2(O)CCCC2)cc1. The first-order valence-electron chi connectivity index (χ1n) is 7.37. The molecule has 1 aromatic rings. The van der Waals surface area contributed by atoms with Crippen molar-refractivity contribution in [3.63, 3.8) is 0 Å². The van der Waals surface area contributed by atoms with E-state index in [4.69, 9.17) is 0 Å². The molecule has 20 heavy (non-hydrogen) atoms. The second-order valence-corrected chi connectivity index (χ2v) is 5.73. The van der Waals surface area contributed by atoms with E-state index < -0.39 is 5.60 Å². The predicted molar refractivity (Wildman–Crippen MR) is 79.8 cm³/mol. The number of amides is 1. The third kappa shape index (κ3) is 4.32. The third-order valence-corrected chi connectivity index (χ3v) is 3.89. The molecule has 0 saturated heterocycles. The lowest BCUT2D eigenvalue weighted by atomic mass is 10.0. The van der Waals surface area contributed by atoms with Gasteiger partial charge in [0.1, 0.15) is 0 Å². The van der Waals surface area contributed by atoms with Crippen LogP contribution in [-0.4, -0.2) is 36.2 Å². The molecule has 1 aliphatic rings. The van der Waals surface area contributed by atoms with E-state index in [1.807, 2.05) is 31.2 Å². The number of aliphatic hydroxyl groups is 1. The molecule has 2 rings (SSSR count). The molecule has 0 aliphatic heterocycles. The fourth-order valence-corrected chi connectivity index (χ4v) is 2.60. The first-order valence-corrected chi connectivity index (χ1v) is 7.37. The number of aryl methyl sites for hydroxylation is 1. The topological polar surface area (TPSA) is 61.4 Å². The van der Waals surface area contributed by atoms with E-state index in [-0.39, 0.29) is 5.91 Å². The summed E-state index contributed by atoms with van der Waals surface area (Å²) in [4.78, 5) is 11.9. The fraction of sp³-hybridized carbons (Fsp3) is 0.562. The average Bonchev–Trinajstić information content (AvgIpc) is 2.86. The van der Waals surface area contributed by atoms with Crippen molar-refractivity contribution in [3.8, 4) is 0 Å². The van der Waals surface area contributed by atoms with Gasteiger partial charge in [0, 0.05) is 25.2 Å². The van der Waals surface area contributed by atoms with Crippen molar-refractivity contribution >= 4 is 5.91 Å². The maximum absolute atomic E-state index is 11.9. The number of carbonyl (C=O) groups excluding carboxylic acids is 1. The van der Waals surface area contributed by atoms with Gasteiger partial charge in [0.05, 0.1) is 5.60 Å². The molecular formula is C16H24N2O2. The van der Waals surface area contributed by atoms with Gasteiger partial charge in [-0.1, -0.05) is 30.5 Å². The first kappa shape index (κ1) is 15.0. The van der Waals surface area contributed by atoms with E-state index in [0.29, 0.717) is 25.2 Å². The number of hydrogen-bond donors (Lipinski definition) is 3. The second kappa shape index (κ2) is 6.86. The zero-order valence-electron chi connectivity index (χ0n) is 12.1. The molecule has 0 spiro atoms.